The maximum Gasteiger partial charge on any atom is 0.229 e. The normalized spacial score (nSPS) is 19.0. The minimum Gasteiger partial charge on any atom is -0.381 e. The standard InChI is InChI=1S/C13H13ClN2O2/c14-11-4-3-9(7-15)12(6-11)16-13(17)10-2-1-5-18-8-10/h3-4,6,10H,1-2,5,8H2,(H,16,17). The highest BCUT2D eigenvalue weighted by atomic mass is 35.5. The molecule has 1 atom stereocenters. The molecule has 1 saturated heterocycles. The number of anilines is 1. The van der Waals surface area contributed by atoms with Crippen LogP contribution in [0.15, 0.2) is 18.2 Å². The Hall–Kier alpha value is -1.57. The van der Waals surface area contributed by atoms with E-state index < -0.39 is 0 Å². The predicted molar refractivity (Wildman–Crippen MR) is 68.3 cm³/mol. The fourth-order valence-electron chi connectivity index (χ4n) is 1.90. The van der Waals surface area contributed by atoms with Crippen LogP contribution in [0.3, 0.4) is 0 Å². The first-order valence-corrected chi connectivity index (χ1v) is 6.17. The maximum absolute atomic E-state index is 12.0. The van der Waals surface area contributed by atoms with E-state index in [4.69, 9.17) is 21.6 Å². The molecule has 0 spiro atoms. The van der Waals surface area contributed by atoms with Gasteiger partial charge < -0.3 is 10.1 Å². The number of ether oxygens (including phenoxy) is 1. The monoisotopic (exact) mass is 264 g/mol. The van der Waals surface area contributed by atoms with Gasteiger partial charge >= 0.3 is 0 Å². The largest absolute Gasteiger partial charge is 0.381 e. The molecule has 18 heavy (non-hydrogen) atoms. The average molecular weight is 265 g/mol. The number of carbonyl (C=O) groups is 1. The summed E-state index contributed by atoms with van der Waals surface area (Å²) in [5, 5.41) is 12.2. The number of carbonyl (C=O) groups excluding carboxylic acids is 1. The Balaban J connectivity index is 2.11. The molecule has 0 radical (unpaired) electrons. The number of nitriles is 1. The van der Waals surface area contributed by atoms with Crippen LogP contribution in [0.5, 0.6) is 0 Å². The predicted octanol–water partition coefficient (Wildman–Crippen LogP) is 2.58. The summed E-state index contributed by atoms with van der Waals surface area (Å²) in [5.74, 6) is -0.266. The molecule has 1 aliphatic rings. The number of rotatable bonds is 2. The molecule has 1 aliphatic heterocycles. The number of halogens is 1. The van der Waals surface area contributed by atoms with E-state index in [-0.39, 0.29) is 11.8 Å². The summed E-state index contributed by atoms with van der Waals surface area (Å²) in [6.45, 7) is 1.15. The lowest BCUT2D eigenvalue weighted by atomic mass is 10.0. The van der Waals surface area contributed by atoms with Crippen LogP contribution in [0.4, 0.5) is 5.69 Å². The van der Waals surface area contributed by atoms with Crippen LogP contribution in [0.25, 0.3) is 0 Å². The van der Waals surface area contributed by atoms with E-state index >= 15 is 0 Å². The number of nitrogens with one attached hydrogen (secondary N) is 1. The van der Waals surface area contributed by atoms with Crippen molar-refractivity contribution in [2.75, 3.05) is 18.5 Å². The lowest BCUT2D eigenvalue weighted by molar-refractivity contribution is -0.123. The summed E-state index contributed by atoms with van der Waals surface area (Å²) in [6, 6.07) is 6.83. The van der Waals surface area contributed by atoms with Gasteiger partial charge in [-0.2, -0.15) is 5.26 Å². The second-order valence-corrected chi connectivity index (χ2v) is 4.64. The molecule has 1 amide bonds. The number of hydrogen-bond acceptors (Lipinski definition) is 3. The highest BCUT2D eigenvalue weighted by molar-refractivity contribution is 6.31. The molecule has 0 saturated carbocycles. The van der Waals surface area contributed by atoms with Gasteiger partial charge in [-0.3, -0.25) is 4.79 Å². The Kier molecular flexibility index (Phi) is 4.19. The van der Waals surface area contributed by atoms with Gasteiger partial charge in [-0.25, -0.2) is 0 Å². The highest BCUT2D eigenvalue weighted by Crippen LogP contribution is 2.22. The quantitative estimate of drug-likeness (QED) is 0.893. The smallest absolute Gasteiger partial charge is 0.229 e. The van der Waals surface area contributed by atoms with Crippen molar-refractivity contribution >= 4 is 23.2 Å². The second-order valence-electron chi connectivity index (χ2n) is 4.21. The van der Waals surface area contributed by atoms with Crippen molar-refractivity contribution in [1.29, 1.82) is 5.26 Å². The van der Waals surface area contributed by atoms with E-state index in [1.807, 2.05) is 6.07 Å². The fourth-order valence-corrected chi connectivity index (χ4v) is 2.07. The zero-order valence-corrected chi connectivity index (χ0v) is 10.5. The van der Waals surface area contributed by atoms with Crippen molar-refractivity contribution in [3.63, 3.8) is 0 Å². The van der Waals surface area contributed by atoms with Gasteiger partial charge in [0.25, 0.3) is 0 Å². The lowest BCUT2D eigenvalue weighted by Gasteiger charge is -2.21. The number of hydrogen-bond donors (Lipinski definition) is 1. The molecular formula is C13H13ClN2O2. The molecule has 2 rings (SSSR count). The van der Waals surface area contributed by atoms with Crippen molar-refractivity contribution in [3.8, 4) is 6.07 Å². The van der Waals surface area contributed by atoms with Crippen molar-refractivity contribution in [2.24, 2.45) is 5.92 Å². The Morgan fingerprint density at radius 1 is 1.56 bits per heavy atom. The number of benzene rings is 1. The summed E-state index contributed by atoms with van der Waals surface area (Å²) >= 11 is 5.86. The minimum atomic E-state index is -0.149. The zero-order chi connectivity index (χ0) is 13.0. The number of amides is 1. The molecule has 0 aliphatic carbocycles. The van der Waals surface area contributed by atoms with Gasteiger partial charge in [0.2, 0.25) is 5.91 Å². The topological polar surface area (TPSA) is 62.1 Å². The van der Waals surface area contributed by atoms with E-state index in [9.17, 15) is 4.79 Å². The van der Waals surface area contributed by atoms with Crippen LogP contribution < -0.4 is 5.32 Å². The summed E-state index contributed by atoms with van der Waals surface area (Å²) in [7, 11) is 0. The van der Waals surface area contributed by atoms with Crippen LogP contribution in [-0.2, 0) is 9.53 Å². The molecule has 1 N–H and O–H groups in total. The Morgan fingerprint density at radius 2 is 2.39 bits per heavy atom. The summed E-state index contributed by atoms with van der Waals surface area (Å²) in [5.41, 5.74) is 0.866. The third-order valence-electron chi connectivity index (χ3n) is 2.89. The first-order chi connectivity index (χ1) is 8.70. The van der Waals surface area contributed by atoms with E-state index in [0.29, 0.717) is 29.5 Å². The summed E-state index contributed by atoms with van der Waals surface area (Å²) in [6.07, 6.45) is 1.70. The first-order valence-electron chi connectivity index (χ1n) is 5.79. The third kappa shape index (κ3) is 3.00. The van der Waals surface area contributed by atoms with Crippen molar-refractivity contribution < 1.29 is 9.53 Å². The molecule has 1 aromatic rings. The van der Waals surface area contributed by atoms with Gasteiger partial charge in [0.05, 0.1) is 23.8 Å². The van der Waals surface area contributed by atoms with Gasteiger partial charge in [-0.1, -0.05) is 11.6 Å². The van der Waals surface area contributed by atoms with Gasteiger partial charge in [0.1, 0.15) is 6.07 Å². The molecule has 4 nitrogen and oxygen atoms in total. The van der Waals surface area contributed by atoms with E-state index in [1.165, 1.54) is 0 Å². The Morgan fingerprint density at radius 3 is 3.06 bits per heavy atom. The molecule has 0 bridgehead atoms. The van der Waals surface area contributed by atoms with Crippen LogP contribution in [-0.4, -0.2) is 19.1 Å². The van der Waals surface area contributed by atoms with Crippen LogP contribution in [0.1, 0.15) is 18.4 Å². The highest BCUT2D eigenvalue weighted by Gasteiger charge is 2.22. The van der Waals surface area contributed by atoms with Crippen molar-refractivity contribution in [1.82, 2.24) is 0 Å². The van der Waals surface area contributed by atoms with Crippen LogP contribution >= 0.6 is 11.6 Å². The molecule has 5 heteroatoms. The van der Waals surface area contributed by atoms with Gasteiger partial charge in [0, 0.05) is 11.6 Å². The van der Waals surface area contributed by atoms with Crippen LogP contribution in [0.2, 0.25) is 5.02 Å². The van der Waals surface area contributed by atoms with E-state index in [1.54, 1.807) is 18.2 Å². The van der Waals surface area contributed by atoms with Crippen molar-refractivity contribution in [3.05, 3.63) is 28.8 Å². The minimum absolute atomic E-state index is 0.117. The van der Waals surface area contributed by atoms with E-state index in [2.05, 4.69) is 5.32 Å². The summed E-state index contributed by atoms with van der Waals surface area (Å²) in [4.78, 5) is 12.0. The molecule has 1 heterocycles. The molecule has 1 fully saturated rings. The zero-order valence-electron chi connectivity index (χ0n) is 9.78. The molecular weight excluding hydrogens is 252 g/mol. The molecule has 0 aromatic heterocycles. The second kappa shape index (κ2) is 5.85. The third-order valence-corrected chi connectivity index (χ3v) is 3.13. The van der Waals surface area contributed by atoms with Crippen LogP contribution in [0, 0.1) is 17.2 Å². The Bertz CT molecular complexity index is 490. The number of nitrogens with zero attached hydrogens (tertiary/aromatic N) is 1. The van der Waals surface area contributed by atoms with Gasteiger partial charge in [-0.15, -0.1) is 0 Å². The SMILES string of the molecule is N#Cc1ccc(Cl)cc1NC(=O)C1CCCOC1. The Labute approximate surface area is 111 Å². The maximum atomic E-state index is 12.0. The first kappa shape index (κ1) is 12.9. The van der Waals surface area contributed by atoms with Gasteiger partial charge in [0.15, 0.2) is 0 Å². The van der Waals surface area contributed by atoms with Crippen molar-refractivity contribution in [2.45, 2.75) is 12.8 Å². The molecule has 1 unspecified atom stereocenters. The molecule has 1 aromatic carbocycles. The van der Waals surface area contributed by atoms with E-state index in [0.717, 1.165) is 12.8 Å². The van der Waals surface area contributed by atoms with Gasteiger partial charge in [-0.05, 0) is 31.0 Å². The summed E-state index contributed by atoms with van der Waals surface area (Å²) < 4.78 is 5.27. The lowest BCUT2D eigenvalue weighted by Crippen LogP contribution is -2.30. The average Bonchev–Trinajstić information content (AvgIpc) is 2.40. The fraction of sp³-hybridized carbons (Fsp3) is 0.385. The molecule has 94 valence electrons.